The number of hydrogen-bond acceptors (Lipinski definition) is 1. The summed E-state index contributed by atoms with van der Waals surface area (Å²) >= 11 is 1.38. The summed E-state index contributed by atoms with van der Waals surface area (Å²) in [5, 5.41) is 1.84. The monoisotopic (exact) mass is 281 g/mol. The topological polar surface area (TPSA) is 0 Å². The van der Waals surface area contributed by atoms with Crippen molar-refractivity contribution in [1.82, 2.24) is 0 Å². The van der Waals surface area contributed by atoms with Gasteiger partial charge in [0, 0.05) is 20.2 Å². The zero-order chi connectivity index (χ0) is 19.6. The van der Waals surface area contributed by atoms with E-state index in [1.165, 1.54) is 11.3 Å². The van der Waals surface area contributed by atoms with Gasteiger partial charge in [-0.3, -0.25) is 0 Å². The van der Waals surface area contributed by atoms with Crippen molar-refractivity contribution >= 4 is 31.5 Å². The smallest absolute Gasteiger partial charge is 0.0630 e. The van der Waals surface area contributed by atoms with E-state index in [0.717, 1.165) is 21.0 Å². The predicted molar refractivity (Wildman–Crippen MR) is 89.5 cm³/mol. The second-order valence-electron chi connectivity index (χ2n) is 4.58. The minimum atomic E-state index is -0.446. The highest BCUT2D eigenvalue weighted by molar-refractivity contribution is 7.26. The summed E-state index contributed by atoms with van der Waals surface area (Å²) in [7, 11) is 0. The summed E-state index contributed by atoms with van der Waals surface area (Å²) in [6, 6.07) is 5.56. The summed E-state index contributed by atoms with van der Waals surface area (Å²) in [5.74, 6) is 0. The SMILES string of the molecule is [2H]c1cc(C)c2c(c1)sc1c(-c3c([2H])c([2H])c([2H])c([2H])c3[2H])c([2H])ccc12. The van der Waals surface area contributed by atoms with Crippen molar-refractivity contribution in [3.63, 3.8) is 0 Å². The van der Waals surface area contributed by atoms with Crippen LogP contribution in [0.2, 0.25) is 0 Å². The van der Waals surface area contributed by atoms with E-state index in [-0.39, 0.29) is 23.7 Å². The van der Waals surface area contributed by atoms with Gasteiger partial charge in [-0.2, -0.15) is 0 Å². The Balaban J connectivity index is 2.22. The van der Waals surface area contributed by atoms with E-state index in [9.17, 15) is 0 Å². The molecule has 0 N–H and O–H groups in total. The van der Waals surface area contributed by atoms with Crippen LogP contribution in [-0.4, -0.2) is 0 Å². The van der Waals surface area contributed by atoms with Gasteiger partial charge in [-0.05, 0) is 29.7 Å². The van der Waals surface area contributed by atoms with Gasteiger partial charge in [-0.15, -0.1) is 11.3 Å². The van der Waals surface area contributed by atoms with Gasteiger partial charge in [0.25, 0.3) is 0 Å². The second kappa shape index (κ2) is 4.46. The molecule has 0 bridgehead atoms. The van der Waals surface area contributed by atoms with Gasteiger partial charge in [0.15, 0.2) is 0 Å². The molecule has 0 unspecified atom stereocenters. The quantitative estimate of drug-likeness (QED) is 0.399. The molecule has 1 heteroatoms. The lowest BCUT2D eigenvalue weighted by Crippen LogP contribution is -1.77. The van der Waals surface area contributed by atoms with Gasteiger partial charge in [0.2, 0.25) is 0 Å². The average molecular weight is 281 g/mol. The zero-order valence-corrected chi connectivity index (χ0v) is 11.5. The van der Waals surface area contributed by atoms with Crippen LogP contribution < -0.4 is 0 Å². The van der Waals surface area contributed by atoms with Crippen molar-refractivity contribution in [3.05, 3.63) is 72.1 Å². The Morgan fingerprint density at radius 2 is 1.80 bits per heavy atom. The minimum Gasteiger partial charge on any atom is -0.135 e. The first-order valence-electron chi connectivity index (χ1n) is 9.72. The third-order valence-corrected chi connectivity index (χ3v) is 4.51. The standard InChI is InChI=1S/C19H14S/c1-13-7-5-12-17-18(13)16-11-6-10-15(19(16)20-17)14-8-3-2-4-9-14/h2-12H,1H3/i2D,3D,4D,5D,8D,9D,10D. The molecule has 0 aliphatic heterocycles. The van der Waals surface area contributed by atoms with Crippen molar-refractivity contribution in [2.45, 2.75) is 6.92 Å². The molecule has 0 saturated heterocycles. The Labute approximate surface area is 132 Å². The number of thiophene rings is 1. The summed E-state index contributed by atoms with van der Waals surface area (Å²) in [5.41, 5.74) is 1.33. The van der Waals surface area contributed by atoms with E-state index >= 15 is 0 Å². The molecule has 0 amide bonds. The summed E-state index contributed by atoms with van der Waals surface area (Å²) < 4.78 is 58.1. The number of benzene rings is 3. The van der Waals surface area contributed by atoms with Crippen molar-refractivity contribution < 1.29 is 9.60 Å². The Morgan fingerprint density at radius 3 is 2.65 bits per heavy atom. The zero-order valence-electron chi connectivity index (χ0n) is 17.7. The molecule has 1 heterocycles. The molecule has 0 saturated carbocycles. The van der Waals surface area contributed by atoms with Crippen molar-refractivity contribution in [3.8, 4) is 11.1 Å². The lowest BCUT2D eigenvalue weighted by Gasteiger charge is -2.03. The summed E-state index contributed by atoms with van der Waals surface area (Å²) in [6.45, 7) is 1.92. The summed E-state index contributed by atoms with van der Waals surface area (Å²) in [6.07, 6.45) is 0. The highest BCUT2D eigenvalue weighted by Crippen LogP contribution is 2.40. The Hall–Kier alpha value is -2.12. The number of hydrogen-bond donors (Lipinski definition) is 0. The molecular weight excluding hydrogens is 260 g/mol. The van der Waals surface area contributed by atoms with Crippen LogP contribution in [0.1, 0.15) is 15.2 Å². The van der Waals surface area contributed by atoms with Gasteiger partial charge in [-0.1, -0.05) is 60.5 Å². The minimum absolute atomic E-state index is 0.0481. The van der Waals surface area contributed by atoms with Crippen molar-refractivity contribution in [2.24, 2.45) is 0 Å². The third-order valence-electron chi connectivity index (χ3n) is 3.34. The Kier molecular flexibility index (Phi) is 1.46. The van der Waals surface area contributed by atoms with Gasteiger partial charge in [-0.25, -0.2) is 0 Å². The number of rotatable bonds is 1. The van der Waals surface area contributed by atoms with Crippen LogP contribution in [0.4, 0.5) is 0 Å². The van der Waals surface area contributed by atoms with E-state index in [1.54, 1.807) is 18.2 Å². The van der Waals surface area contributed by atoms with Gasteiger partial charge >= 0.3 is 0 Å². The first-order valence-corrected chi connectivity index (χ1v) is 7.04. The molecule has 0 fully saturated rings. The largest absolute Gasteiger partial charge is 0.135 e. The van der Waals surface area contributed by atoms with E-state index in [2.05, 4.69) is 0 Å². The maximum atomic E-state index is 8.38. The average Bonchev–Trinajstić information content (AvgIpc) is 2.98. The first kappa shape index (κ1) is 6.55. The molecule has 1 aromatic heterocycles. The maximum absolute atomic E-state index is 8.38. The third kappa shape index (κ3) is 1.67. The van der Waals surface area contributed by atoms with Crippen LogP contribution in [0.25, 0.3) is 31.3 Å². The van der Waals surface area contributed by atoms with E-state index in [4.69, 9.17) is 9.60 Å². The summed E-state index contributed by atoms with van der Waals surface area (Å²) in [4.78, 5) is 0. The molecule has 0 nitrogen and oxygen atoms in total. The fourth-order valence-electron chi connectivity index (χ4n) is 2.46. The van der Waals surface area contributed by atoms with Crippen LogP contribution in [0.15, 0.2) is 66.6 Å². The molecule has 0 aliphatic carbocycles. The van der Waals surface area contributed by atoms with Crippen LogP contribution in [0, 0.1) is 6.92 Å². The molecule has 4 aromatic rings. The second-order valence-corrected chi connectivity index (χ2v) is 5.63. The van der Waals surface area contributed by atoms with E-state index in [1.807, 2.05) is 13.0 Å². The molecule has 3 aromatic carbocycles. The lowest BCUT2D eigenvalue weighted by molar-refractivity contribution is 1.55. The van der Waals surface area contributed by atoms with Crippen LogP contribution >= 0.6 is 11.3 Å². The normalized spacial score (nSPS) is 16.1. The van der Waals surface area contributed by atoms with Crippen LogP contribution in [-0.2, 0) is 0 Å². The van der Waals surface area contributed by atoms with E-state index in [0.29, 0.717) is 16.3 Å². The molecule has 0 spiro atoms. The maximum Gasteiger partial charge on any atom is 0.0630 e. The van der Waals surface area contributed by atoms with Crippen molar-refractivity contribution in [1.29, 1.82) is 0 Å². The molecule has 0 radical (unpaired) electrons. The fraction of sp³-hybridized carbons (Fsp3) is 0.0526. The molecule has 0 atom stereocenters. The highest BCUT2D eigenvalue weighted by Gasteiger charge is 2.10. The van der Waals surface area contributed by atoms with Gasteiger partial charge < -0.3 is 0 Å². The molecular formula is C19H14S. The predicted octanol–water partition coefficient (Wildman–Crippen LogP) is 6.03. The van der Waals surface area contributed by atoms with Gasteiger partial charge in [0.1, 0.15) is 0 Å². The Bertz CT molecular complexity index is 1230. The highest BCUT2D eigenvalue weighted by atomic mass is 32.1. The number of aryl methyl sites for hydroxylation is 1. The number of fused-ring (bicyclic) bond motifs is 3. The van der Waals surface area contributed by atoms with Crippen LogP contribution in [0.5, 0.6) is 0 Å². The molecule has 20 heavy (non-hydrogen) atoms. The molecule has 4 rings (SSSR count). The van der Waals surface area contributed by atoms with E-state index < -0.39 is 18.1 Å². The molecule has 0 aliphatic rings. The Morgan fingerprint density at radius 1 is 0.950 bits per heavy atom. The first-order chi connectivity index (χ1) is 12.7. The fourth-order valence-corrected chi connectivity index (χ4v) is 3.73. The molecule has 96 valence electrons. The van der Waals surface area contributed by atoms with Gasteiger partial charge in [0.05, 0.1) is 9.60 Å². The lowest BCUT2D eigenvalue weighted by atomic mass is 10.0. The van der Waals surface area contributed by atoms with Crippen molar-refractivity contribution in [2.75, 3.05) is 0 Å². The van der Waals surface area contributed by atoms with Crippen LogP contribution in [0.3, 0.4) is 0 Å².